The zero-order valence-electron chi connectivity index (χ0n) is 20.1. The van der Waals surface area contributed by atoms with Crippen molar-refractivity contribution in [2.24, 2.45) is 5.41 Å². The molecule has 0 bridgehead atoms. The normalized spacial score (nSPS) is 21.8. The largest absolute Gasteiger partial charge is 0.380 e. The maximum atomic E-state index is 12.4. The zero-order valence-corrected chi connectivity index (χ0v) is 20.1. The number of hydrogen-bond acceptors (Lipinski definition) is 7. The lowest BCUT2D eigenvalue weighted by molar-refractivity contribution is -0.127. The van der Waals surface area contributed by atoms with E-state index in [0.29, 0.717) is 41.6 Å². The van der Waals surface area contributed by atoms with Crippen molar-refractivity contribution in [3.63, 3.8) is 0 Å². The Morgan fingerprint density at radius 3 is 2.56 bits per heavy atom. The fourth-order valence-electron chi connectivity index (χ4n) is 5.40. The highest BCUT2D eigenvalue weighted by atomic mass is 16.5. The van der Waals surface area contributed by atoms with E-state index in [9.17, 15) is 9.90 Å². The number of aromatic nitrogens is 3. The molecule has 3 aromatic rings. The van der Waals surface area contributed by atoms with E-state index in [1.165, 1.54) is 5.56 Å². The summed E-state index contributed by atoms with van der Waals surface area (Å²) in [4.78, 5) is 22.7. The number of aliphatic hydroxyl groups is 1. The molecule has 1 aromatic carbocycles. The molecule has 0 radical (unpaired) electrons. The fraction of sp³-hybridized carbons (Fsp3) is 0.462. The summed E-state index contributed by atoms with van der Waals surface area (Å²) in [5, 5.41) is 19.4. The number of carbonyl (C=O) groups is 1. The van der Waals surface area contributed by atoms with Gasteiger partial charge in [-0.05, 0) is 36.6 Å². The van der Waals surface area contributed by atoms with Gasteiger partial charge in [-0.1, -0.05) is 50.2 Å². The summed E-state index contributed by atoms with van der Waals surface area (Å²) in [5.41, 5.74) is 1.78. The van der Waals surface area contributed by atoms with Crippen molar-refractivity contribution in [2.75, 3.05) is 20.1 Å². The Kier molecular flexibility index (Phi) is 5.53. The van der Waals surface area contributed by atoms with Crippen LogP contribution in [0.2, 0.25) is 0 Å². The minimum atomic E-state index is -1.25. The minimum absolute atomic E-state index is 0.0133. The Morgan fingerprint density at radius 2 is 1.94 bits per heavy atom. The molecule has 0 spiro atoms. The van der Waals surface area contributed by atoms with Gasteiger partial charge < -0.3 is 19.8 Å². The molecule has 5 rings (SSSR count). The quantitative estimate of drug-likeness (QED) is 0.580. The Balaban J connectivity index is 1.54. The number of nitrogens with one attached hydrogen (secondary N) is 1. The first-order valence-corrected chi connectivity index (χ1v) is 11.8. The van der Waals surface area contributed by atoms with Gasteiger partial charge in [0.1, 0.15) is 11.6 Å². The molecule has 4 heterocycles. The smallest absolute Gasteiger partial charge is 0.249 e. The number of nitrogens with zero attached hydrogens (tertiary/aromatic N) is 4. The summed E-state index contributed by atoms with van der Waals surface area (Å²) in [6, 6.07) is 9.88. The number of amides is 1. The molecular formula is C26H31N5O3. The average Bonchev–Trinajstić information content (AvgIpc) is 3.47. The SMILES string of the molecule is CC(C)c1ccc(C(O)(c2cncc(-c3noc([C@@H]4CCC(=O)N4)n3)c2)C2(C)CN(C)C2)cc1. The third kappa shape index (κ3) is 3.71. The van der Waals surface area contributed by atoms with Crippen molar-refractivity contribution in [3.8, 4) is 11.4 Å². The Labute approximate surface area is 199 Å². The first-order valence-electron chi connectivity index (χ1n) is 11.8. The van der Waals surface area contributed by atoms with E-state index < -0.39 is 11.0 Å². The Hall–Kier alpha value is -3.10. The van der Waals surface area contributed by atoms with Crippen LogP contribution in [0.1, 0.15) is 68.2 Å². The molecule has 178 valence electrons. The molecule has 2 aromatic heterocycles. The predicted molar refractivity (Wildman–Crippen MR) is 127 cm³/mol. The predicted octanol–water partition coefficient (Wildman–Crippen LogP) is 3.39. The van der Waals surface area contributed by atoms with E-state index in [-0.39, 0.29) is 11.9 Å². The van der Waals surface area contributed by atoms with Gasteiger partial charge in [-0.25, -0.2) is 0 Å². The van der Waals surface area contributed by atoms with Gasteiger partial charge in [0.25, 0.3) is 0 Å². The number of rotatable bonds is 6. The number of pyridine rings is 1. The van der Waals surface area contributed by atoms with Crippen molar-refractivity contribution < 1.29 is 14.4 Å². The van der Waals surface area contributed by atoms with Gasteiger partial charge in [0, 0.05) is 48.4 Å². The molecule has 2 fully saturated rings. The third-order valence-corrected chi connectivity index (χ3v) is 7.26. The lowest BCUT2D eigenvalue weighted by atomic mass is 9.62. The number of likely N-dealkylation sites (tertiary alicyclic amines) is 1. The summed E-state index contributed by atoms with van der Waals surface area (Å²) in [6.07, 6.45) is 4.48. The summed E-state index contributed by atoms with van der Waals surface area (Å²) >= 11 is 0. The van der Waals surface area contributed by atoms with Gasteiger partial charge in [-0.15, -0.1) is 0 Å². The monoisotopic (exact) mass is 461 g/mol. The van der Waals surface area contributed by atoms with Crippen molar-refractivity contribution in [1.29, 1.82) is 0 Å². The molecule has 34 heavy (non-hydrogen) atoms. The van der Waals surface area contributed by atoms with Gasteiger partial charge in [0.15, 0.2) is 0 Å². The maximum Gasteiger partial charge on any atom is 0.249 e. The van der Waals surface area contributed by atoms with Gasteiger partial charge >= 0.3 is 0 Å². The molecule has 8 heteroatoms. The van der Waals surface area contributed by atoms with E-state index >= 15 is 0 Å². The standard InChI is InChI=1S/C26H31N5O3/c1-16(2)17-5-7-19(8-6-17)26(33,25(3)14-31(4)15-25)20-11-18(12-27-13-20)23-29-24(34-30-23)21-9-10-22(32)28-21/h5-8,11-13,16,21,33H,9-10,14-15H2,1-4H3,(H,28,32)/t21-,26?/m0/s1. The lowest BCUT2D eigenvalue weighted by Crippen LogP contribution is -2.63. The molecular weight excluding hydrogens is 430 g/mol. The van der Waals surface area contributed by atoms with Crippen LogP contribution in [0, 0.1) is 5.41 Å². The van der Waals surface area contributed by atoms with Gasteiger partial charge in [-0.3, -0.25) is 9.78 Å². The molecule has 2 atom stereocenters. The van der Waals surface area contributed by atoms with Gasteiger partial charge in [-0.2, -0.15) is 4.98 Å². The first kappa shape index (κ1) is 22.7. The second-order valence-corrected chi connectivity index (χ2v) is 10.3. The molecule has 1 unspecified atom stereocenters. The summed E-state index contributed by atoms with van der Waals surface area (Å²) in [7, 11) is 2.06. The molecule has 1 amide bonds. The van der Waals surface area contributed by atoms with Crippen LogP contribution in [-0.2, 0) is 10.4 Å². The van der Waals surface area contributed by atoms with E-state index in [1.807, 2.05) is 18.2 Å². The number of hydrogen-bond donors (Lipinski definition) is 2. The van der Waals surface area contributed by atoms with Crippen LogP contribution in [0.5, 0.6) is 0 Å². The van der Waals surface area contributed by atoms with Crippen LogP contribution in [0.15, 0.2) is 47.2 Å². The third-order valence-electron chi connectivity index (χ3n) is 7.26. The fourth-order valence-corrected chi connectivity index (χ4v) is 5.40. The summed E-state index contributed by atoms with van der Waals surface area (Å²) in [5.74, 6) is 1.17. The van der Waals surface area contributed by atoms with Crippen LogP contribution >= 0.6 is 0 Å². The minimum Gasteiger partial charge on any atom is -0.380 e. The highest BCUT2D eigenvalue weighted by molar-refractivity contribution is 5.78. The first-order chi connectivity index (χ1) is 16.2. The van der Waals surface area contributed by atoms with Crippen molar-refractivity contribution >= 4 is 5.91 Å². The molecule has 0 aliphatic carbocycles. The Morgan fingerprint density at radius 1 is 1.21 bits per heavy atom. The van der Waals surface area contributed by atoms with Crippen molar-refractivity contribution in [3.05, 3.63) is 65.3 Å². The van der Waals surface area contributed by atoms with E-state index in [1.54, 1.807) is 12.4 Å². The maximum absolute atomic E-state index is 12.4. The molecule has 2 saturated heterocycles. The van der Waals surface area contributed by atoms with Crippen LogP contribution < -0.4 is 5.32 Å². The van der Waals surface area contributed by atoms with Crippen molar-refractivity contribution in [1.82, 2.24) is 25.3 Å². The average molecular weight is 462 g/mol. The molecule has 2 aliphatic rings. The molecule has 0 saturated carbocycles. The molecule has 8 nitrogen and oxygen atoms in total. The second-order valence-electron chi connectivity index (χ2n) is 10.3. The van der Waals surface area contributed by atoms with Crippen LogP contribution in [0.4, 0.5) is 0 Å². The highest BCUT2D eigenvalue weighted by Crippen LogP contribution is 2.50. The van der Waals surface area contributed by atoms with E-state index in [4.69, 9.17) is 4.52 Å². The topological polar surface area (TPSA) is 104 Å². The van der Waals surface area contributed by atoms with Gasteiger partial charge in [0.05, 0.1) is 0 Å². The van der Waals surface area contributed by atoms with Crippen LogP contribution in [-0.4, -0.2) is 51.2 Å². The number of carbonyl (C=O) groups excluding carboxylic acids is 1. The van der Waals surface area contributed by atoms with Crippen LogP contribution in [0.3, 0.4) is 0 Å². The lowest BCUT2D eigenvalue weighted by Gasteiger charge is -2.55. The summed E-state index contributed by atoms with van der Waals surface area (Å²) in [6.45, 7) is 7.95. The zero-order chi connectivity index (χ0) is 24.1. The van der Waals surface area contributed by atoms with Crippen LogP contribution in [0.25, 0.3) is 11.4 Å². The van der Waals surface area contributed by atoms with E-state index in [2.05, 4.69) is 65.3 Å². The van der Waals surface area contributed by atoms with Gasteiger partial charge in [0.2, 0.25) is 17.6 Å². The highest BCUT2D eigenvalue weighted by Gasteiger charge is 2.55. The summed E-state index contributed by atoms with van der Waals surface area (Å²) < 4.78 is 5.44. The van der Waals surface area contributed by atoms with E-state index in [0.717, 1.165) is 18.7 Å². The second kappa shape index (κ2) is 8.29. The molecule has 2 aliphatic heterocycles. The number of benzene rings is 1. The Bertz CT molecular complexity index is 1200. The molecule has 2 N–H and O–H groups in total. The van der Waals surface area contributed by atoms with Crippen molar-refractivity contribution in [2.45, 2.75) is 51.2 Å².